The number of allylic oxidation sites excluding steroid dienone is 2. The molecule has 126 valence electrons. The molecule has 1 rings (SSSR count). The minimum Gasteiger partial charge on any atom is -0.268 e. The highest BCUT2D eigenvalue weighted by atomic mass is 16.2. The van der Waals surface area contributed by atoms with Gasteiger partial charge in [0.15, 0.2) is 0 Å². The monoisotopic (exact) mass is 314 g/mol. The predicted molar refractivity (Wildman–Crippen MR) is 98.3 cm³/mol. The standard InChI is InChI=1S/C20H30N2O/c1-9-10-16(4)18(20(5,6)7)22(21-8)19(23)17-12-14(2)11-15(3)13-17/h9-13,18,21H,1H2,2-8H3. The van der Waals surface area contributed by atoms with Crippen LogP contribution in [0.3, 0.4) is 0 Å². The van der Waals surface area contributed by atoms with Crippen molar-refractivity contribution in [1.82, 2.24) is 10.4 Å². The van der Waals surface area contributed by atoms with E-state index in [1.165, 1.54) is 0 Å². The third-order valence-corrected chi connectivity index (χ3v) is 3.82. The van der Waals surface area contributed by atoms with Crippen LogP contribution in [0, 0.1) is 19.3 Å². The highest BCUT2D eigenvalue weighted by Crippen LogP contribution is 2.30. The quantitative estimate of drug-likeness (QED) is 0.644. The minimum absolute atomic E-state index is 0.0176. The number of carbonyl (C=O) groups excluding carboxylic acids is 1. The molecule has 0 fully saturated rings. The van der Waals surface area contributed by atoms with Crippen LogP contribution in [0.4, 0.5) is 0 Å². The van der Waals surface area contributed by atoms with E-state index >= 15 is 0 Å². The summed E-state index contributed by atoms with van der Waals surface area (Å²) in [4.78, 5) is 13.1. The van der Waals surface area contributed by atoms with Crippen LogP contribution in [0.15, 0.2) is 42.5 Å². The number of aryl methyl sites for hydroxylation is 2. The number of hydrogen-bond donors (Lipinski definition) is 1. The van der Waals surface area contributed by atoms with Gasteiger partial charge in [-0.2, -0.15) is 0 Å². The van der Waals surface area contributed by atoms with E-state index in [9.17, 15) is 4.79 Å². The maximum atomic E-state index is 13.1. The Balaban J connectivity index is 3.34. The first kappa shape index (κ1) is 19.2. The van der Waals surface area contributed by atoms with Gasteiger partial charge in [-0.05, 0) is 43.9 Å². The summed E-state index contributed by atoms with van der Waals surface area (Å²) in [6.45, 7) is 16.2. The van der Waals surface area contributed by atoms with Crippen LogP contribution in [0.1, 0.15) is 49.2 Å². The molecular formula is C20H30N2O. The van der Waals surface area contributed by atoms with E-state index in [-0.39, 0.29) is 17.4 Å². The van der Waals surface area contributed by atoms with Gasteiger partial charge >= 0.3 is 0 Å². The summed E-state index contributed by atoms with van der Waals surface area (Å²) in [5.74, 6) is -0.0176. The van der Waals surface area contributed by atoms with Crippen molar-refractivity contribution in [1.29, 1.82) is 0 Å². The molecule has 3 heteroatoms. The molecule has 0 bridgehead atoms. The Bertz CT molecular complexity index is 588. The number of rotatable bonds is 5. The van der Waals surface area contributed by atoms with Crippen molar-refractivity contribution < 1.29 is 4.79 Å². The van der Waals surface area contributed by atoms with E-state index in [0.717, 1.165) is 16.7 Å². The van der Waals surface area contributed by atoms with E-state index in [1.54, 1.807) is 18.1 Å². The molecule has 1 unspecified atom stereocenters. The first-order valence-corrected chi connectivity index (χ1v) is 8.00. The van der Waals surface area contributed by atoms with Gasteiger partial charge in [-0.1, -0.05) is 56.7 Å². The normalized spacial score (nSPS) is 13.6. The molecule has 23 heavy (non-hydrogen) atoms. The highest BCUT2D eigenvalue weighted by molar-refractivity contribution is 5.94. The molecule has 0 aliphatic heterocycles. The highest BCUT2D eigenvalue weighted by Gasteiger charge is 2.34. The van der Waals surface area contributed by atoms with Crippen LogP contribution in [-0.4, -0.2) is 24.0 Å². The number of hydrazine groups is 1. The first-order valence-electron chi connectivity index (χ1n) is 8.00. The molecular weight excluding hydrogens is 284 g/mol. The summed E-state index contributed by atoms with van der Waals surface area (Å²) in [5.41, 5.74) is 6.97. The fourth-order valence-electron chi connectivity index (χ4n) is 3.14. The third kappa shape index (κ3) is 4.80. The molecule has 0 saturated carbocycles. The Morgan fingerprint density at radius 2 is 1.74 bits per heavy atom. The van der Waals surface area contributed by atoms with Crippen LogP contribution < -0.4 is 5.43 Å². The van der Waals surface area contributed by atoms with E-state index in [4.69, 9.17) is 0 Å². The first-order chi connectivity index (χ1) is 10.6. The van der Waals surface area contributed by atoms with Gasteiger partial charge in [-0.15, -0.1) is 0 Å². The van der Waals surface area contributed by atoms with Crippen LogP contribution in [-0.2, 0) is 0 Å². The molecule has 1 aromatic carbocycles. The summed E-state index contributed by atoms with van der Waals surface area (Å²) in [5, 5.41) is 1.73. The van der Waals surface area contributed by atoms with Crippen molar-refractivity contribution in [3.63, 3.8) is 0 Å². The number of nitrogens with one attached hydrogen (secondary N) is 1. The van der Waals surface area contributed by atoms with Gasteiger partial charge in [0, 0.05) is 12.6 Å². The van der Waals surface area contributed by atoms with Crippen molar-refractivity contribution in [3.8, 4) is 0 Å². The fraction of sp³-hybridized carbons (Fsp3) is 0.450. The second-order valence-corrected chi connectivity index (χ2v) is 7.19. The Morgan fingerprint density at radius 3 is 2.13 bits per heavy atom. The van der Waals surface area contributed by atoms with E-state index in [2.05, 4.69) is 38.8 Å². The number of nitrogens with zero attached hydrogens (tertiary/aromatic N) is 1. The maximum absolute atomic E-state index is 13.1. The van der Waals surface area contributed by atoms with Gasteiger partial charge in [0.1, 0.15) is 0 Å². The molecule has 0 heterocycles. The van der Waals surface area contributed by atoms with E-state index in [1.807, 2.05) is 39.0 Å². The smallest absolute Gasteiger partial charge is 0.268 e. The molecule has 1 aromatic rings. The zero-order valence-electron chi connectivity index (χ0n) is 15.5. The molecule has 1 amide bonds. The van der Waals surface area contributed by atoms with Crippen LogP contribution in [0.2, 0.25) is 0 Å². The summed E-state index contributed by atoms with van der Waals surface area (Å²) < 4.78 is 0. The summed E-state index contributed by atoms with van der Waals surface area (Å²) >= 11 is 0. The summed E-state index contributed by atoms with van der Waals surface area (Å²) in [6.07, 6.45) is 3.73. The maximum Gasteiger partial charge on any atom is 0.268 e. The fourth-order valence-corrected chi connectivity index (χ4v) is 3.14. The molecule has 0 aliphatic carbocycles. The Morgan fingerprint density at radius 1 is 1.22 bits per heavy atom. The van der Waals surface area contributed by atoms with Gasteiger partial charge in [-0.25, -0.2) is 5.43 Å². The van der Waals surface area contributed by atoms with Gasteiger partial charge in [0.25, 0.3) is 5.91 Å². The van der Waals surface area contributed by atoms with Crippen LogP contribution in [0.5, 0.6) is 0 Å². The number of hydrogen-bond acceptors (Lipinski definition) is 2. The van der Waals surface area contributed by atoms with Gasteiger partial charge in [-0.3, -0.25) is 9.80 Å². The van der Waals surface area contributed by atoms with Gasteiger partial charge in [0.05, 0.1) is 6.04 Å². The van der Waals surface area contributed by atoms with E-state index < -0.39 is 0 Å². The lowest BCUT2D eigenvalue weighted by Crippen LogP contribution is -2.53. The zero-order chi connectivity index (χ0) is 17.8. The molecule has 1 atom stereocenters. The van der Waals surface area contributed by atoms with Crippen molar-refractivity contribution in [2.45, 2.75) is 47.6 Å². The predicted octanol–water partition coefficient (Wildman–Crippen LogP) is 4.43. The third-order valence-electron chi connectivity index (χ3n) is 3.82. The summed E-state index contributed by atoms with van der Waals surface area (Å²) in [7, 11) is 1.79. The van der Waals surface area contributed by atoms with Crippen molar-refractivity contribution in [2.75, 3.05) is 7.05 Å². The molecule has 1 N–H and O–H groups in total. The Hall–Kier alpha value is -1.87. The van der Waals surface area contributed by atoms with Crippen molar-refractivity contribution in [2.24, 2.45) is 5.41 Å². The van der Waals surface area contributed by atoms with E-state index in [0.29, 0.717) is 5.56 Å². The van der Waals surface area contributed by atoms with Crippen molar-refractivity contribution >= 4 is 5.91 Å². The van der Waals surface area contributed by atoms with Gasteiger partial charge in [0.2, 0.25) is 0 Å². The van der Waals surface area contributed by atoms with Crippen LogP contribution in [0.25, 0.3) is 0 Å². The summed E-state index contributed by atoms with van der Waals surface area (Å²) in [6, 6.07) is 5.88. The average Bonchev–Trinajstić information content (AvgIpc) is 2.41. The number of amides is 1. The Labute approximate surface area is 141 Å². The minimum atomic E-state index is -0.110. The van der Waals surface area contributed by atoms with Crippen LogP contribution >= 0.6 is 0 Å². The van der Waals surface area contributed by atoms with Gasteiger partial charge < -0.3 is 0 Å². The molecule has 0 aromatic heterocycles. The lowest BCUT2D eigenvalue weighted by Gasteiger charge is -2.40. The second-order valence-electron chi connectivity index (χ2n) is 7.19. The van der Waals surface area contributed by atoms with Crippen molar-refractivity contribution in [3.05, 3.63) is 59.2 Å². The molecule has 0 aliphatic rings. The lowest BCUT2D eigenvalue weighted by molar-refractivity contribution is 0.0450. The zero-order valence-corrected chi connectivity index (χ0v) is 15.5. The number of benzene rings is 1. The molecule has 0 radical (unpaired) electrons. The molecule has 0 saturated heterocycles. The number of carbonyl (C=O) groups is 1. The second kappa shape index (κ2) is 7.60. The molecule has 3 nitrogen and oxygen atoms in total. The molecule has 0 spiro atoms. The lowest BCUT2D eigenvalue weighted by atomic mass is 9.81. The Kier molecular flexibility index (Phi) is 6.34. The largest absolute Gasteiger partial charge is 0.268 e. The average molecular weight is 314 g/mol. The topological polar surface area (TPSA) is 32.3 Å². The SMILES string of the molecule is C=CC=C(C)C(N(NC)C(=O)c1cc(C)cc(C)c1)C(C)(C)C.